The molecule has 0 fully saturated rings. The maximum atomic E-state index is 10.8. The average molecular weight is 278 g/mol. The van der Waals surface area contributed by atoms with E-state index < -0.39 is 0 Å². The SMILES string of the molecule is Cc1ccc(CO[C@H](C)[C@H](CCC(N)=O)NC=O)cc1. The summed E-state index contributed by atoms with van der Waals surface area (Å²) in [5.74, 6) is -0.381. The Labute approximate surface area is 119 Å². The number of hydrogen-bond acceptors (Lipinski definition) is 3. The Hall–Kier alpha value is -1.88. The Morgan fingerprint density at radius 3 is 2.60 bits per heavy atom. The molecule has 20 heavy (non-hydrogen) atoms. The van der Waals surface area contributed by atoms with Crippen molar-refractivity contribution in [2.45, 2.75) is 45.4 Å². The molecule has 0 radical (unpaired) electrons. The number of nitrogens with one attached hydrogen (secondary N) is 1. The van der Waals surface area contributed by atoms with Crippen LogP contribution in [0.15, 0.2) is 24.3 Å². The number of carbonyl (C=O) groups excluding carboxylic acids is 2. The van der Waals surface area contributed by atoms with Crippen LogP contribution < -0.4 is 11.1 Å². The van der Waals surface area contributed by atoms with E-state index in [-0.39, 0.29) is 24.5 Å². The van der Waals surface area contributed by atoms with Crippen molar-refractivity contribution >= 4 is 12.3 Å². The van der Waals surface area contributed by atoms with E-state index in [1.807, 2.05) is 38.1 Å². The van der Waals surface area contributed by atoms with Crippen LogP contribution in [-0.4, -0.2) is 24.5 Å². The molecule has 2 atom stereocenters. The topological polar surface area (TPSA) is 81.4 Å². The van der Waals surface area contributed by atoms with Gasteiger partial charge in [-0.15, -0.1) is 0 Å². The van der Waals surface area contributed by atoms with Gasteiger partial charge in [0.2, 0.25) is 12.3 Å². The van der Waals surface area contributed by atoms with E-state index in [1.54, 1.807) is 0 Å². The number of carbonyl (C=O) groups is 2. The maximum absolute atomic E-state index is 10.8. The zero-order valence-electron chi connectivity index (χ0n) is 12.0. The Kier molecular flexibility index (Phi) is 6.73. The summed E-state index contributed by atoms with van der Waals surface area (Å²) in [6.07, 6.45) is 1.13. The normalized spacial score (nSPS) is 13.5. The number of benzene rings is 1. The standard InChI is InChI=1S/C15H22N2O3/c1-11-3-5-13(6-4-11)9-20-12(2)14(17-10-18)7-8-15(16)19/h3-6,10,12,14H,7-9H2,1-2H3,(H2,16,19)(H,17,18)/t12-,14+/m1/s1. The number of rotatable bonds is 9. The molecule has 2 amide bonds. The van der Waals surface area contributed by atoms with Gasteiger partial charge in [-0.2, -0.15) is 0 Å². The summed E-state index contributed by atoms with van der Waals surface area (Å²) >= 11 is 0. The highest BCUT2D eigenvalue weighted by Gasteiger charge is 2.17. The fourth-order valence-electron chi connectivity index (χ4n) is 1.87. The number of aryl methyl sites for hydroxylation is 1. The van der Waals surface area contributed by atoms with Gasteiger partial charge in [0.1, 0.15) is 0 Å². The molecule has 0 bridgehead atoms. The lowest BCUT2D eigenvalue weighted by atomic mass is 10.1. The molecule has 0 aromatic heterocycles. The van der Waals surface area contributed by atoms with E-state index >= 15 is 0 Å². The monoisotopic (exact) mass is 278 g/mol. The van der Waals surface area contributed by atoms with Crippen molar-refractivity contribution in [2.75, 3.05) is 0 Å². The first-order valence-corrected chi connectivity index (χ1v) is 6.68. The summed E-state index contributed by atoms with van der Waals surface area (Å²) in [6, 6.07) is 7.85. The number of hydrogen-bond donors (Lipinski definition) is 2. The molecule has 0 aliphatic heterocycles. The summed E-state index contributed by atoms with van der Waals surface area (Å²) in [7, 11) is 0. The minimum Gasteiger partial charge on any atom is -0.372 e. The zero-order valence-corrected chi connectivity index (χ0v) is 12.0. The molecular weight excluding hydrogens is 256 g/mol. The Bertz CT molecular complexity index is 431. The minimum absolute atomic E-state index is 0.194. The first-order chi connectivity index (χ1) is 9.52. The van der Waals surface area contributed by atoms with Gasteiger partial charge < -0.3 is 15.8 Å². The summed E-state index contributed by atoms with van der Waals surface area (Å²) in [4.78, 5) is 21.4. The van der Waals surface area contributed by atoms with Crippen molar-refractivity contribution in [3.63, 3.8) is 0 Å². The number of ether oxygens (including phenoxy) is 1. The van der Waals surface area contributed by atoms with Crippen molar-refractivity contribution in [1.82, 2.24) is 5.32 Å². The van der Waals surface area contributed by atoms with Crippen LogP contribution in [0.2, 0.25) is 0 Å². The highest BCUT2D eigenvalue weighted by molar-refractivity contribution is 5.73. The van der Waals surface area contributed by atoms with E-state index in [4.69, 9.17) is 10.5 Å². The molecule has 0 aliphatic rings. The first kappa shape index (κ1) is 16.2. The van der Waals surface area contributed by atoms with E-state index in [0.29, 0.717) is 19.4 Å². The van der Waals surface area contributed by atoms with Crippen molar-refractivity contribution in [1.29, 1.82) is 0 Å². The van der Waals surface area contributed by atoms with Crippen LogP contribution in [0.3, 0.4) is 0 Å². The highest BCUT2D eigenvalue weighted by atomic mass is 16.5. The van der Waals surface area contributed by atoms with Gasteiger partial charge >= 0.3 is 0 Å². The summed E-state index contributed by atoms with van der Waals surface area (Å²) in [5.41, 5.74) is 7.39. The molecule has 0 saturated carbocycles. The second kappa shape index (κ2) is 8.32. The predicted octanol–water partition coefficient (Wildman–Crippen LogP) is 1.28. The summed E-state index contributed by atoms with van der Waals surface area (Å²) < 4.78 is 5.74. The lowest BCUT2D eigenvalue weighted by Crippen LogP contribution is -2.39. The van der Waals surface area contributed by atoms with Gasteiger partial charge in [0, 0.05) is 6.42 Å². The van der Waals surface area contributed by atoms with Crippen molar-refractivity contribution in [3.05, 3.63) is 35.4 Å². The van der Waals surface area contributed by atoms with E-state index in [2.05, 4.69) is 5.32 Å². The highest BCUT2D eigenvalue weighted by Crippen LogP contribution is 2.10. The third kappa shape index (κ3) is 5.84. The molecule has 1 rings (SSSR count). The Morgan fingerprint density at radius 2 is 2.05 bits per heavy atom. The van der Waals surface area contributed by atoms with E-state index in [9.17, 15) is 9.59 Å². The largest absolute Gasteiger partial charge is 0.372 e. The zero-order chi connectivity index (χ0) is 15.0. The summed E-state index contributed by atoms with van der Waals surface area (Å²) in [5, 5.41) is 2.67. The van der Waals surface area contributed by atoms with Gasteiger partial charge in [-0.05, 0) is 25.8 Å². The molecule has 0 unspecified atom stereocenters. The predicted molar refractivity (Wildman–Crippen MR) is 76.8 cm³/mol. The Balaban J connectivity index is 2.47. The van der Waals surface area contributed by atoms with Gasteiger partial charge in [0.25, 0.3) is 0 Å². The second-order valence-electron chi connectivity index (χ2n) is 4.90. The van der Waals surface area contributed by atoms with Crippen LogP contribution in [0.5, 0.6) is 0 Å². The fraction of sp³-hybridized carbons (Fsp3) is 0.467. The third-order valence-corrected chi connectivity index (χ3v) is 3.18. The maximum Gasteiger partial charge on any atom is 0.217 e. The molecule has 1 aromatic rings. The number of nitrogens with two attached hydrogens (primary N) is 1. The Morgan fingerprint density at radius 1 is 1.40 bits per heavy atom. The lowest BCUT2D eigenvalue weighted by molar-refractivity contribution is -0.119. The van der Waals surface area contributed by atoms with Gasteiger partial charge in [-0.25, -0.2) is 0 Å². The molecule has 0 spiro atoms. The van der Waals surface area contributed by atoms with Crippen LogP contribution in [0.4, 0.5) is 0 Å². The minimum atomic E-state index is -0.381. The van der Waals surface area contributed by atoms with Crippen LogP contribution >= 0.6 is 0 Å². The quantitative estimate of drug-likeness (QED) is 0.668. The number of amides is 2. The van der Waals surface area contributed by atoms with Crippen LogP contribution in [0.1, 0.15) is 30.9 Å². The molecule has 1 aromatic carbocycles. The van der Waals surface area contributed by atoms with Crippen molar-refractivity contribution in [3.8, 4) is 0 Å². The van der Waals surface area contributed by atoms with Crippen LogP contribution in [0.25, 0.3) is 0 Å². The molecule has 5 heteroatoms. The van der Waals surface area contributed by atoms with Crippen LogP contribution in [-0.2, 0) is 20.9 Å². The van der Waals surface area contributed by atoms with E-state index in [0.717, 1.165) is 5.56 Å². The second-order valence-corrected chi connectivity index (χ2v) is 4.90. The molecule has 0 heterocycles. The van der Waals surface area contributed by atoms with Gasteiger partial charge in [0.15, 0.2) is 0 Å². The molecule has 0 saturated heterocycles. The lowest BCUT2D eigenvalue weighted by Gasteiger charge is -2.23. The van der Waals surface area contributed by atoms with Gasteiger partial charge in [0.05, 0.1) is 18.8 Å². The van der Waals surface area contributed by atoms with Gasteiger partial charge in [-0.1, -0.05) is 29.8 Å². The smallest absolute Gasteiger partial charge is 0.217 e. The fourth-order valence-corrected chi connectivity index (χ4v) is 1.87. The molecule has 5 nitrogen and oxygen atoms in total. The van der Waals surface area contributed by atoms with Crippen molar-refractivity contribution < 1.29 is 14.3 Å². The molecular formula is C15H22N2O3. The average Bonchev–Trinajstić information content (AvgIpc) is 2.42. The molecule has 110 valence electrons. The molecule has 0 aliphatic carbocycles. The van der Waals surface area contributed by atoms with E-state index in [1.165, 1.54) is 5.56 Å². The third-order valence-electron chi connectivity index (χ3n) is 3.18. The number of primary amides is 1. The molecule has 3 N–H and O–H groups in total. The van der Waals surface area contributed by atoms with Gasteiger partial charge in [-0.3, -0.25) is 9.59 Å². The van der Waals surface area contributed by atoms with Crippen molar-refractivity contribution in [2.24, 2.45) is 5.73 Å². The van der Waals surface area contributed by atoms with Crippen LogP contribution in [0, 0.1) is 6.92 Å². The first-order valence-electron chi connectivity index (χ1n) is 6.68. The summed E-state index contributed by atoms with van der Waals surface area (Å²) in [6.45, 7) is 4.37.